The van der Waals surface area contributed by atoms with E-state index in [0.717, 1.165) is 57.4 Å². The second-order valence-electron chi connectivity index (χ2n) is 8.31. The average Bonchev–Trinajstić information content (AvgIpc) is 3.42. The van der Waals surface area contributed by atoms with Crippen molar-refractivity contribution in [1.82, 2.24) is 24.9 Å². The summed E-state index contributed by atoms with van der Waals surface area (Å²) in [6.07, 6.45) is 4.90. The Kier molecular flexibility index (Phi) is 6.12. The van der Waals surface area contributed by atoms with Crippen LogP contribution in [0.3, 0.4) is 0 Å². The Morgan fingerprint density at radius 2 is 1.80 bits per heavy atom. The summed E-state index contributed by atoms with van der Waals surface area (Å²) in [6.45, 7) is 7.45. The molecule has 1 amide bonds. The van der Waals surface area contributed by atoms with Crippen LogP contribution in [-0.4, -0.2) is 89.8 Å². The molecule has 2 aliphatic heterocycles. The van der Waals surface area contributed by atoms with E-state index in [-0.39, 0.29) is 5.91 Å². The number of morpholine rings is 1. The van der Waals surface area contributed by atoms with Gasteiger partial charge in [-0.3, -0.25) is 14.6 Å². The summed E-state index contributed by atoms with van der Waals surface area (Å²) in [6, 6.07) is 2.23. The fraction of sp³-hybridized carbons (Fsp3) is 0.667. The Balaban J connectivity index is 1.12. The molecule has 5 rings (SSSR count). The van der Waals surface area contributed by atoms with Crippen LogP contribution in [0.4, 0.5) is 0 Å². The van der Waals surface area contributed by atoms with Crippen molar-refractivity contribution in [3.05, 3.63) is 22.4 Å². The van der Waals surface area contributed by atoms with Crippen LogP contribution in [0, 0.1) is 0 Å². The number of carbonyl (C=O) groups is 1. The predicted octanol–water partition coefficient (Wildman–Crippen LogP) is 1.65. The molecule has 0 spiro atoms. The monoisotopic (exact) mass is 431 g/mol. The van der Waals surface area contributed by atoms with Crippen molar-refractivity contribution >= 4 is 17.2 Å². The van der Waals surface area contributed by atoms with Crippen LogP contribution in [0.1, 0.15) is 29.2 Å². The summed E-state index contributed by atoms with van der Waals surface area (Å²) in [7, 11) is 0. The van der Waals surface area contributed by atoms with Gasteiger partial charge in [-0.25, -0.2) is 0 Å². The fourth-order valence-corrected chi connectivity index (χ4v) is 5.59. The van der Waals surface area contributed by atoms with Crippen LogP contribution in [0.2, 0.25) is 0 Å². The molecule has 0 saturated carbocycles. The number of amides is 1. The zero-order valence-electron chi connectivity index (χ0n) is 17.3. The van der Waals surface area contributed by atoms with Crippen molar-refractivity contribution in [2.24, 2.45) is 0 Å². The summed E-state index contributed by atoms with van der Waals surface area (Å²) in [5.74, 6) is 1.52. The minimum absolute atomic E-state index is 0.221. The molecule has 30 heavy (non-hydrogen) atoms. The van der Waals surface area contributed by atoms with Crippen LogP contribution >= 0.6 is 11.3 Å². The van der Waals surface area contributed by atoms with E-state index in [2.05, 4.69) is 26.1 Å². The van der Waals surface area contributed by atoms with Gasteiger partial charge < -0.3 is 14.1 Å². The maximum Gasteiger partial charge on any atom is 0.257 e. The highest BCUT2D eigenvalue weighted by atomic mass is 32.1. The van der Waals surface area contributed by atoms with Crippen LogP contribution in [-0.2, 0) is 28.9 Å². The number of piperazine rings is 1. The lowest BCUT2D eigenvalue weighted by molar-refractivity contribution is -0.135. The van der Waals surface area contributed by atoms with Crippen molar-refractivity contribution in [3.8, 4) is 10.8 Å². The zero-order chi connectivity index (χ0) is 20.3. The van der Waals surface area contributed by atoms with Crippen LogP contribution in [0.5, 0.6) is 0 Å². The molecule has 162 valence electrons. The lowest BCUT2D eigenvalue weighted by Gasteiger charge is -2.35. The first kappa shape index (κ1) is 20.1. The molecule has 1 aliphatic carbocycles. The molecule has 0 N–H and O–H groups in total. The van der Waals surface area contributed by atoms with Crippen molar-refractivity contribution in [1.29, 1.82) is 0 Å². The van der Waals surface area contributed by atoms with E-state index in [1.165, 1.54) is 36.1 Å². The highest BCUT2D eigenvalue weighted by Gasteiger charge is 2.25. The van der Waals surface area contributed by atoms with E-state index >= 15 is 0 Å². The SMILES string of the molecule is O=C(CN1CCOCC1)N1CCN(Cc2nnc(-c3cc4c(s3)CCCC4)o2)CC1. The quantitative estimate of drug-likeness (QED) is 0.713. The fourth-order valence-electron chi connectivity index (χ4n) is 4.41. The molecule has 9 heteroatoms. The second-order valence-corrected chi connectivity index (χ2v) is 9.45. The number of thiophene rings is 1. The van der Waals surface area contributed by atoms with Crippen molar-refractivity contribution in [3.63, 3.8) is 0 Å². The number of rotatable bonds is 5. The molecule has 0 bridgehead atoms. The lowest BCUT2D eigenvalue weighted by Crippen LogP contribution is -2.52. The number of ether oxygens (including phenoxy) is 1. The normalized spacial score (nSPS) is 21.0. The number of hydrogen-bond acceptors (Lipinski definition) is 8. The van der Waals surface area contributed by atoms with Gasteiger partial charge >= 0.3 is 0 Å². The van der Waals surface area contributed by atoms with Gasteiger partial charge in [-0.2, -0.15) is 0 Å². The average molecular weight is 432 g/mol. The summed E-state index contributed by atoms with van der Waals surface area (Å²) in [4.78, 5) is 21.6. The Labute approximate surface area is 180 Å². The molecule has 0 radical (unpaired) electrons. The molecule has 0 atom stereocenters. The number of aryl methyl sites for hydroxylation is 2. The van der Waals surface area contributed by atoms with Gasteiger partial charge in [0.05, 0.1) is 31.2 Å². The van der Waals surface area contributed by atoms with E-state index in [9.17, 15) is 4.79 Å². The van der Waals surface area contributed by atoms with Crippen molar-refractivity contribution < 1.29 is 13.9 Å². The maximum absolute atomic E-state index is 12.6. The number of hydrogen-bond donors (Lipinski definition) is 0. The van der Waals surface area contributed by atoms with E-state index in [0.29, 0.717) is 24.9 Å². The van der Waals surface area contributed by atoms with Gasteiger partial charge in [0.15, 0.2) is 0 Å². The molecule has 0 aromatic carbocycles. The molecule has 0 unspecified atom stereocenters. The summed E-state index contributed by atoms with van der Waals surface area (Å²) in [5, 5.41) is 8.56. The third-order valence-corrected chi connectivity index (χ3v) is 7.45. The Morgan fingerprint density at radius 3 is 2.60 bits per heavy atom. The van der Waals surface area contributed by atoms with Gasteiger partial charge in [0.25, 0.3) is 5.89 Å². The van der Waals surface area contributed by atoms with Crippen molar-refractivity contribution in [2.75, 3.05) is 59.0 Å². The Morgan fingerprint density at radius 1 is 1.00 bits per heavy atom. The van der Waals surface area contributed by atoms with E-state index < -0.39 is 0 Å². The lowest BCUT2D eigenvalue weighted by atomic mass is 9.99. The topological polar surface area (TPSA) is 74.9 Å². The van der Waals surface area contributed by atoms with E-state index in [1.54, 1.807) is 11.3 Å². The van der Waals surface area contributed by atoms with Gasteiger partial charge in [-0.05, 0) is 37.3 Å². The predicted molar refractivity (Wildman–Crippen MR) is 113 cm³/mol. The van der Waals surface area contributed by atoms with Gasteiger partial charge in [0.2, 0.25) is 11.8 Å². The first-order valence-corrected chi connectivity index (χ1v) is 11.8. The smallest absolute Gasteiger partial charge is 0.257 e. The van der Waals surface area contributed by atoms with Gasteiger partial charge in [-0.1, -0.05) is 0 Å². The molecule has 8 nitrogen and oxygen atoms in total. The first-order chi connectivity index (χ1) is 14.7. The molecule has 2 aromatic rings. The second kappa shape index (κ2) is 9.13. The standard InChI is InChI=1S/C21H29N5O3S/c27-20(15-25-9-11-28-12-10-25)26-7-5-24(6-8-26)14-19-22-23-21(29-19)18-13-16-3-1-2-4-17(16)30-18/h13H,1-12,14-15H2. The van der Waals surface area contributed by atoms with Gasteiger partial charge in [0.1, 0.15) is 0 Å². The Hall–Kier alpha value is -1.81. The van der Waals surface area contributed by atoms with Gasteiger partial charge in [-0.15, -0.1) is 21.5 Å². The summed E-state index contributed by atoms with van der Waals surface area (Å²) in [5.41, 5.74) is 1.46. The minimum Gasteiger partial charge on any atom is -0.419 e. The largest absolute Gasteiger partial charge is 0.419 e. The molecule has 2 saturated heterocycles. The zero-order valence-corrected chi connectivity index (χ0v) is 18.2. The number of nitrogens with zero attached hydrogens (tertiary/aromatic N) is 5. The molecule has 2 aromatic heterocycles. The van der Waals surface area contributed by atoms with Crippen molar-refractivity contribution in [2.45, 2.75) is 32.2 Å². The van der Waals surface area contributed by atoms with Crippen LogP contribution in [0.15, 0.2) is 10.5 Å². The third kappa shape index (κ3) is 4.59. The van der Waals surface area contributed by atoms with Crippen LogP contribution < -0.4 is 0 Å². The minimum atomic E-state index is 0.221. The highest BCUT2D eigenvalue weighted by Crippen LogP contribution is 2.35. The van der Waals surface area contributed by atoms with E-state index in [1.807, 2.05) is 4.90 Å². The first-order valence-electron chi connectivity index (χ1n) is 11.0. The summed E-state index contributed by atoms with van der Waals surface area (Å²) < 4.78 is 11.3. The molecule has 3 aliphatic rings. The number of fused-ring (bicyclic) bond motifs is 1. The van der Waals surface area contributed by atoms with E-state index in [4.69, 9.17) is 9.15 Å². The maximum atomic E-state index is 12.6. The highest BCUT2D eigenvalue weighted by molar-refractivity contribution is 7.15. The van der Waals surface area contributed by atoms with Crippen LogP contribution in [0.25, 0.3) is 10.8 Å². The Bertz CT molecular complexity index is 844. The van der Waals surface area contributed by atoms with Gasteiger partial charge in [0, 0.05) is 44.1 Å². The molecular formula is C21H29N5O3S. The number of aromatic nitrogens is 2. The number of carbonyl (C=O) groups excluding carboxylic acids is 1. The third-order valence-electron chi connectivity index (χ3n) is 6.22. The molecule has 2 fully saturated rings. The molecule has 4 heterocycles. The molecular weight excluding hydrogens is 402 g/mol. The summed E-state index contributed by atoms with van der Waals surface area (Å²) >= 11 is 1.80.